The Morgan fingerprint density at radius 2 is 1.86 bits per heavy atom. The average Bonchev–Trinajstić information content (AvgIpc) is 3.21. The van der Waals surface area contributed by atoms with Crippen LogP contribution in [-0.4, -0.2) is 29.8 Å². The van der Waals surface area contributed by atoms with Crippen molar-refractivity contribution in [2.24, 2.45) is 5.73 Å². The Balaban J connectivity index is 1.84. The second-order valence-corrected chi connectivity index (χ2v) is 6.43. The minimum absolute atomic E-state index is 0.0833. The third-order valence-electron chi connectivity index (χ3n) is 4.53. The minimum atomic E-state index is -0.584. The number of carbonyl (C=O) groups is 2. The maximum atomic E-state index is 12.4. The summed E-state index contributed by atoms with van der Waals surface area (Å²) in [6.07, 6.45) is 4.74. The van der Waals surface area contributed by atoms with E-state index in [9.17, 15) is 19.7 Å². The molecule has 0 atom stereocenters. The van der Waals surface area contributed by atoms with E-state index in [1.54, 1.807) is 36.4 Å². The lowest BCUT2D eigenvalue weighted by Crippen LogP contribution is -2.21. The molecule has 0 spiro atoms. The van der Waals surface area contributed by atoms with Crippen molar-refractivity contribution in [1.82, 2.24) is 0 Å². The maximum absolute atomic E-state index is 12.4. The molecule has 0 saturated carbocycles. The van der Waals surface area contributed by atoms with Crippen LogP contribution < -0.4 is 16.0 Å². The number of primary amides is 1. The molecule has 3 rings (SSSR count). The van der Waals surface area contributed by atoms with E-state index in [1.165, 1.54) is 18.2 Å². The lowest BCUT2D eigenvalue weighted by atomic mass is 10.1. The van der Waals surface area contributed by atoms with Gasteiger partial charge in [0.05, 0.1) is 21.9 Å². The topological polar surface area (TPSA) is 119 Å². The highest BCUT2D eigenvalue weighted by Crippen LogP contribution is 2.30. The molecule has 1 heterocycles. The summed E-state index contributed by atoms with van der Waals surface area (Å²) in [5, 5.41) is 13.8. The zero-order chi connectivity index (χ0) is 20.1. The Labute approximate surface area is 161 Å². The van der Waals surface area contributed by atoms with E-state index in [-0.39, 0.29) is 5.69 Å². The van der Waals surface area contributed by atoms with Crippen LogP contribution in [0, 0.1) is 10.1 Å². The van der Waals surface area contributed by atoms with E-state index >= 15 is 0 Å². The van der Waals surface area contributed by atoms with Crippen molar-refractivity contribution < 1.29 is 14.5 Å². The van der Waals surface area contributed by atoms with Crippen LogP contribution in [0.15, 0.2) is 48.5 Å². The van der Waals surface area contributed by atoms with Crippen molar-refractivity contribution in [3.05, 3.63) is 69.8 Å². The lowest BCUT2D eigenvalue weighted by molar-refractivity contribution is -0.385. The van der Waals surface area contributed by atoms with Crippen molar-refractivity contribution in [2.45, 2.75) is 12.8 Å². The van der Waals surface area contributed by atoms with Gasteiger partial charge in [-0.05, 0) is 43.2 Å². The molecular weight excluding hydrogens is 360 g/mol. The molecule has 3 N–H and O–H groups in total. The van der Waals surface area contributed by atoms with Crippen LogP contribution in [-0.2, 0) is 4.79 Å². The van der Waals surface area contributed by atoms with Crippen LogP contribution in [0.3, 0.4) is 0 Å². The first-order chi connectivity index (χ1) is 13.5. The molecule has 0 bridgehead atoms. The highest BCUT2D eigenvalue weighted by molar-refractivity contribution is 6.05. The molecule has 8 heteroatoms. The monoisotopic (exact) mass is 380 g/mol. The molecule has 1 saturated heterocycles. The van der Waals surface area contributed by atoms with Crippen LogP contribution in [0.5, 0.6) is 0 Å². The minimum Gasteiger partial charge on any atom is -0.370 e. The molecule has 28 heavy (non-hydrogen) atoms. The molecule has 1 fully saturated rings. The second-order valence-electron chi connectivity index (χ2n) is 6.43. The first-order valence-electron chi connectivity index (χ1n) is 8.87. The predicted molar refractivity (Wildman–Crippen MR) is 107 cm³/mol. The number of hydrogen-bond acceptors (Lipinski definition) is 5. The number of para-hydroxylation sites is 1. The van der Waals surface area contributed by atoms with Gasteiger partial charge in [0.25, 0.3) is 5.69 Å². The molecule has 0 aliphatic carbocycles. The second kappa shape index (κ2) is 8.34. The Kier molecular flexibility index (Phi) is 5.69. The van der Waals surface area contributed by atoms with Gasteiger partial charge in [-0.1, -0.05) is 12.1 Å². The fourth-order valence-electron chi connectivity index (χ4n) is 3.16. The summed E-state index contributed by atoms with van der Waals surface area (Å²) in [6.45, 7) is 1.73. The number of nitrogens with zero attached hydrogens (tertiary/aromatic N) is 2. The summed E-state index contributed by atoms with van der Waals surface area (Å²) in [7, 11) is 0. The number of nitrogens with two attached hydrogens (primary N) is 1. The van der Waals surface area contributed by atoms with Crippen LogP contribution in [0.4, 0.5) is 17.1 Å². The van der Waals surface area contributed by atoms with Gasteiger partial charge in [0, 0.05) is 30.8 Å². The SMILES string of the molecule is NC(=O)c1ccc(N2CCCC2)c(NC(=O)/C=C/c2ccccc2[N+](=O)[O-])c1. The Bertz CT molecular complexity index is 949. The van der Waals surface area contributed by atoms with Gasteiger partial charge < -0.3 is 16.0 Å². The van der Waals surface area contributed by atoms with Crippen LogP contribution in [0.2, 0.25) is 0 Å². The zero-order valence-corrected chi connectivity index (χ0v) is 15.1. The number of nitro benzene ring substituents is 1. The number of nitro groups is 1. The molecule has 144 valence electrons. The molecule has 1 aliphatic heterocycles. The van der Waals surface area contributed by atoms with Crippen LogP contribution >= 0.6 is 0 Å². The van der Waals surface area contributed by atoms with E-state index in [1.807, 2.05) is 0 Å². The Morgan fingerprint density at radius 3 is 2.54 bits per heavy atom. The highest BCUT2D eigenvalue weighted by Gasteiger charge is 2.18. The van der Waals surface area contributed by atoms with E-state index in [2.05, 4.69) is 10.2 Å². The van der Waals surface area contributed by atoms with Gasteiger partial charge in [0.15, 0.2) is 0 Å². The quantitative estimate of drug-likeness (QED) is 0.454. The van der Waals surface area contributed by atoms with Crippen molar-refractivity contribution in [3.63, 3.8) is 0 Å². The molecule has 2 aromatic rings. The lowest BCUT2D eigenvalue weighted by Gasteiger charge is -2.21. The maximum Gasteiger partial charge on any atom is 0.276 e. The van der Waals surface area contributed by atoms with E-state index < -0.39 is 16.7 Å². The third-order valence-corrected chi connectivity index (χ3v) is 4.53. The largest absolute Gasteiger partial charge is 0.370 e. The third kappa shape index (κ3) is 4.35. The van der Waals surface area contributed by atoms with Crippen LogP contribution in [0.25, 0.3) is 6.08 Å². The fourth-order valence-corrected chi connectivity index (χ4v) is 3.16. The first kappa shape index (κ1) is 19.1. The molecular formula is C20H20N4O4. The van der Waals surface area contributed by atoms with Gasteiger partial charge in [0.1, 0.15) is 0 Å². The van der Waals surface area contributed by atoms with Crippen molar-refractivity contribution in [3.8, 4) is 0 Å². The smallest absolute Gasteiger partial charge is 0.276 e. The van der Waals surface area contributed by atoms with E-state index in [0.717, 1.165) is 31.6 Å². The Morgan fingerprint density at radius 1 is 1.14 bits per heavy atom. The molecule has 0 aromatic heterocycles. The Hall–Kier alpha value is -3.68. The summed E-state index contributed by atoms with van der Waals surface area (Å²) in [4.78, 5) is 36.6. The zero-order valence-electron chi connectivity index (χ0n) is 15.1. The number of rotatable bonds is 6. The normalized spacial score (nSPS) is 13.6. The summed E-state index contributed by atoms with van der Waals surface area (Å²) >= 11 is 0. The first-order valence-corrected chi connectivity index (χ1v) is 8.87. The number of nitrogens with one attached hydrogen (secondary N) is 1. The standard InChI is InChI=1S/C20H20N4O4/c21-20(26)15-7-9-18(23-11-3-4-12-23)16(13-15)22-19(25)10-8-14-5-1-2-6-17(14)24(27)28/h1-2,5-10,13H,3-4,11-12H2,(H2,21,26)(H,22,25)/b10-8+. The number of benzene rings is 2. The van der Waals surface area contributed by atoms with Crippen molar-refractivity contribution in [1.29, 1.82) is 0 Å². The number of hydrogen-bond donors (Lipinski definition) is 2. The number of carbonyl (C=O) groups excluding carboxylic acids is 2. The highest BCUT2D eigenvalue weighted by atomic mass is 16.6. The van der Waals surface area contributed by atoms with Crippen molar-refractivity contribution in [2.75, 3.05) is 23.3 Å². The van der Waals surface area contributed by atoms with E-state index in [4.69, 9.17) is 5.73 Å². The molecule has 2 aromatic carbocycles. The van der Waals surface area contributed by atoms with Crippen molar-refractivity contribution >= 4 is 35.0 Å². The van der Waals surface area contributed by atoms with Crippen LogP contribution in [0.1, 0.15) is 28.8 Å². The summed E-state index contributed by atoms with van der Waals surface area (Å²) < 4.78 is 0. The molecule has 8 nitrogen and oxygen atoms in total. The van der Waals surface area contributed by atoms with E-state index in [0.29, 0.717) is 16.8 Å². The molecule has 1 aliphatic rings. The predicted octanol–water partition coefficient (Wildman–Crippen LogP) is 2.95. The summed E-state index contributed by atoms with van der Waals surface area (Å²) in [5.41, 5.74) is 7.19. The van der Waals surface area contributed by atoms with Gasteiger partial charge in [-0.2, -0.15) is 0 Å². The van der Waals surface area contributed by atoms with Gasteiger partial charge in [-0.25, -0.2) is 0 Å². The van der Waals surface area contributed by atoms with Gasteiger partial charge in [-0.3, -0.25) is 19.7 Å². The fraction of sp³-hybridized carbons (Fsp3) is 0.200. The molecule has 0 unspecified atom stereocenters. The average molecular weight is 380 g/mol. The summed E-state index contributed by atoms with van der Waals surface area (Å²) in [6, 6.07) is 11.1. The number of anilines is 2. The van der Waals surface area contributed by atoms with Gasteiger partial charge in [-0.15, -0.1) is 0 Å². The number of amides is 2. The molecule has 2 amide bonds. The van der Waals surface area contributed by atoms with Gasteiger partial charge in [0.2, 0.25) is 11.8 Å². The van der Waals surface area contributed by atoms with Gasteiger partial charge >= 0.3 is 0 Å². The molecule has 0 radical (unpaired) electrons. The summed E-state index contributed by atoms with van der Waals surface area (Å²) in [5.74, 6) is -1.04.